The fourth-order valence-electron chi connectivity index (χ4n) is 1.36. The molecule has 0 atom stereocenters. The van der Waals surface area contributed by atoms with Gasteiger partial charge in [-0.25, -0.2) is 9.59 Å². The maximum atomic E-state index is 9.92. The first kappa shape index (κ1) is 9.96. The van der Waals surface area contributed by atoms with Crippen molar-refractivity contribution in [1.29, 1.82) is 0 Å². The summed E-state index contributed by atoms with van der Waals surface area (Å²) >= 11 is 0. The van der Waals surface area contributed by atoms with Crippen molar-refractivity contribution in [3.8, 4) is 0 Å². The largest absolute Gasteiger partial charge is 0.387 e. The maximum Gasteiger partial charge on any atom is 0.338 e. The first-order valence-electron chi connectivity index (χ1n) is 4.73. The summed E-state index contributed by atoms with van der Waals surface area (Å²) in [6.07, 6.45) is 11.2. The Labute approximate surface area is 77.8 Å². The van der Waals surface area contributed by atoms with Gasteiger partial charge in [0.15, 0.2) is 0 Å². The van der Waals surface area contributed by atoms with Crippen LogP contribution < -0.4 is 0 Å². The average Bonchev–Trinajstić information content (AvgIpc) is 2.54. The fourth-order valence-corrected chi connectivity index (χ4v) is 1.36. The second-order valence-corrected chi connectivity index (χ2v) is 3.19. The second-order valence-electron chi connectivity index (χ2n) is 3.19. The van der Waals surface area contributed by atoms with Crippen molar-refractivity contribution in [2.75, 3.05) is 0 Å². The molecule has 0 spiro atoms. The molecule has 1 heterocycles. The third-order valence-electron chi connectivity index (χ3n) is 2.06. The number of cyclic esters (lactones) is 2. The minimum absolute atomic E-state index is 0.579. The molecule has 0 unspecified atom stereocenters. The summed E-state index contributed by atoms with van der Waals surface area (Å²) in [5.74, 6) is -1.16. The van der Waals surface area contributed by atoms with Gasteiger partial charge >= 0.3 is 11.9 Å². The zero-order chi connectivity index (χ0) is 9.52. The third kappa shape index (κ3) is 4.45. The first-order chi connectivity index (χ1) is 6.29. The third-order valence-corrected chi connectivity index (χ3v) is 2.06. The van der Waals surface area contributed by atoms with E-state index in [1.54, 1.807) is 0 Å². The van der Waals surface area contributed by atoms with Crippen LogP contribution in [0.5, 0.6) is 0 Å². The minimum atomic E-state index is -0.579. The Kier molecular flexibility index (Phi) is 4.23. The van der Waals surface area contributed by atoms with Crippen molar-refractivity contribution in [1.82, 2.24) is 0 Å². The summed E-state index contributed by atoms with van der Waals surface area (Å²) in [6.45, 7) is 0. The molecule has 2 rings (SSSR count). The molecule has 1 aliphatic carbocycles. The van der Waals surface area contributed by atoms with E-state index in [0.29, 0.717) is 0 Å². The molecule has 2 aliphatic rings. The Morgan fingerprint density at radius 2 is 1.08 bits per heavy atom. The van der Waals surface area contributed by atoms with Crippen molar-refractivity contribution in [2.45, 2.75) is 38.5 Å². The summed E-state index contributed by atoms with van der Waals surface area (Å²) in [6, 6.07) is 0. The summed E-state index contributed by atoms with van der Waals surface area (Å²) < 4.78 is 3.97. The number of hydrogen-bond donors (Lipinski definition) is 0. The van der Waals surface area contributed by atoms with Gasteiger partial charge in [0.05, 0.1) is 0 Å². The first-order valence-corrected chi connectivity index (χ1v) is 4.73. The normalized spacial score (nSPS) is 20.6. The minimum Gasteiger partial charge on any atom is -0.387 e. The van der Waals surface area contributed by atoms with E-state index < -0.39 is 11.9 Å². The molecule has 0 N–H and O–H groups in total. The van der Waals surface area contributed by atoms with Gasteiger partial charge in [0.1, 0.15) is 0 Å². The van der Waals surface area contributed by atoms with Crippen LogP contribution in [0.1, 0.15) is 38.5 Å². The number of hydrogen-bond acceptors (Lipinski definition) is 3. The Morgan fingerprint density at radius 3 is 1.23 bits per heavy atom. The van der Waals surface area contributed by atoms with Gasteiger partial charge in [-0.3, -0.25) is 0 Å². The highest BCUT2D eigenvalue weighted by Gasteiger charge is 2.10. The predicted molar refractivity (Wildman–Crippen MR) is 47.9 cm³/mol. The molecule has 0 aromatic carbocycles. The molecule has 0 amide bonds. The molecule has 0 saturated heterocycles. The van der Waals surface area contributed by atoms with Gasteiger partial charge in [-0.05, 0) is 0 Å². The molecule has 0 aromatic rings. The number of carbonyl (C=O) groups excluding carboxylic acids is 2. The van der Waals surface area contributed by atoms with E-state index in [4.69, 9.17) is 0 Å². The lowest BCUT2D eigenvalue weighted by Gasteiger charge is -2.05. The average molecular weight is 182 g/mol. The van der Waals surface area contributed by atoms with Crippen molar-refractivity contribution < 1.29 is 14.3 Å². The van der Waals surface area contributed by atoms with Gasteiger partial charge in [-0.2, -0.15) is 0 Å². The van der Waals surface area contributed by atoms with Gasteiger partial charge in [0, 0.05) is 12.2 Å². The Bertz CT molecular complexity index is 187. The molecule has 0 radical (unpaired) electrons. The van der Waals surface area contributed by atoms with E-state index in [0.717, 1.165) is 12.2 Å². The molecule has 72 valence electrons. The zero-order valence-corrected chi connectivity index (χ0v) is 7.62. The Morgan fingerprint density at radius 1 is 0.769 bits per heavy atom. The van der Waals surface area contributed by atoms with Crippen LogP contribution in [0, 0.1) is 0 Å². The predicted octanol–water partition coefficient (Wildman–Crippen LogP) is 1.97. The monoisotopic (exact) mass is 182 g/mol. The van der Waals surface area contributed by atoms with Crippen molar-refractivity contribution in [3.05, 3.63) is 12.2 Å². The van der Waals surface area contributed by atoms with Crippen LogP contribution in [0.3, 0.4) is 0 Å². The lowest BCUT2D eigenvalue weighted by Crippen LogP contribution is -1.96. The molecule has 1 saturated carbocycles. The molecule has 0 aromatic heterocycles. The fraction of sp³-hybridized carbons (Fsp3) is 0.600. The van der Waals surface area contributed by atoms with Crippen molar-refractivity contribution in [2.24, 2.45) is 0 Å². The number of esters is 2. The van der Waals surface area contributed by atoms with Gasteiger partial charge < -0.3 is 4.74 Å². The molecule has 0 bridgehead atoms. The lowest BCUT2D eigenvalue weighted by atomic mass is 10.0. The summed E-state index contributed by atoms with van der Waals surface area (Å²) in [5.41, 5.74) is 0. The molecule has 3 heteroatoms. The van der Waals surface area contributed by atoms with Gasteiger partial charge in [0.2, 0.25) is 0 Å². The highest BCUT2D eigenvalue weighted by atomic mass is 16.6. The van der Waals surface area contributed by atoms with Crippen LogP contribution in [-0.2, 0) is 14.3 Å². The number of ether oxygens (including phenoxy) is 1. The summed E-state index contributed by atoms with van der Waals surface area (Å²) in [5, 5.41) is 0. The SMILES string of the molecule is C1CCCCC1.O=C1C=CC(=O)O1. The van der Waals surface area contributed by atoms with E-state index in [1.807, 2.05) is 0 Å². The van der Waals surface area contributed by atoms with Crippen molar-refractivity contribution >= 4 is 11.9 Å². The quantitative estimate of drug-likeness (QED) is 0.425. The molecule has 1 aliphatic heterocycles. The van der Waals surface area contributed by atoms with Crippen LogP contribution in [0.4, 0.5) is 0 Å². The Balaban J connectivity index is 0.000000132. The maximum absolute atomic E-state index is 9.92. The van der Waals surface area contributed by atoms with E-state index in [1.165, 1.54) is 38.5 Å². The topological polar surface area (TPSA) is 43.4 Å². The summed E-state index contributed by atoms with van der Waals surface area (Å²) in [4.78, 5) is 19.8. The molecular formula is C10H14O3. The smallest absolute Gasteiger partial charge is 0.338 e. The van der Waals surface area contributed by atoms with E-state index in [2.05, 4.69) is 4.74 Å². The lowest BCUT2D eigenvalue weighted by molar-refractivity contribution is -0.150. The highest BCUT2D eigenvalue weighted by Crippen LogP contribution is 2.15. The van der Waals surface area contributed by atoms with E-state index in [-0.39, 0.29) is 0 Å². The van der Waals surface area contributed by atoms with Gasteiger partial charge in [-0.15, -0.1) is 0 Å². The molecule has 13 heavy (non-hydrogen) atoms. The number of carbonyl (C=O) groups is 2. The van der Waals surface area contributed by atoms with Crippen LogP contribution in [0.15, 0.2) is 12.2 Å². The standard InChI is InChI=1S/C6H12.C4H2O3/c1-2-4-6-5-3-1;5-3-1-2-4(6)7-3/h1-6H2;1-2H. The van der Waals surface area contributed by atoms with Crippen molar-refractivity contribution in [3.63, 3.8) is 0 Å². The molecular weight excluding hydrogens is 168 g/mol. The zero-order valence-electron chi connectivity index (χ0n) is 7.62. The summed E-state index contributed by atoms with van der Waals surface area (Å²) in [7, 11) is 0. The van der Waals surface area contributed by atoms with Crippen LogP contribution in [-0.4, -0.2) is 11.9 Å². The second kappa shape index (κ2) is 5.51. The molecule has 3 nitrogen and oxygen atoms in total. The van der Waals surface area contributed by atoms with Crippen LogP contribution in [0.25, 0.3) is 0 Å². The van der Waals surface area contributed by atoms with E-state index >= 15 is 0 Å². The van der Waals surface area contributed by atoms with E-state index in [9.17, 15) is 9.59 Å². The van der Waals surface area contributed by atoms with Crippen LogP contribution in [0.2, 0.25) is 0 Å². The van der Waals surface area contributed by atoms with Gasteiger partial charge in [0.25, 0.3) is 0 Å². The number of rotatable bonds is 0. The van der Waals surface area contributed by atoms with Gasteiger partial charge in [-0.1, -0.05) is 38.5 Å². The molecule has 1 fully saturated rings. The Hall–Kier alpha value is -1.12. The van der Waals surface area contributed by atoms with Crippen LogP contribution >= 0.6 is 0 Å². The highest BCUT2D eigenvalue weighted by molar-refractivity contribution is 6.04.